The molecule has 0 unspecified atom stereocenters. The number of hydrogen-bond donors (Lipinski definition) is 2. The molecular formula is C24H30N4O5S. The summed E-state index contributed by atoms with van der Waals surface area (Å²) in [6.07, 6.45) is 4.66. The Morgan fingerprint density at radius 3 is 2.35 bits per heavy atom. The van der Waals surface area contributed by atoms with E-state index in [1.54, 1.807) is 18.2 Å². The topological polar surface area (TPSA) is 112 Å². The average Bonchev–Trinajstić information content (AvgIpc) is 3.52. The Morgan fingerprint density at radius 1 is 1.03 bits per heavy atom. The number of anilines is 1. The van der Waals surface area contributed by atoms with Crippen LogP contribution in [0, 0.1) is 0 Å². The fourth-order valence-corrected chi connectivity index (χ4v) is 5.77. The Balaban J connectivity index is 1.32. The first-order valence-electron chi connectivity index (χ1n) is 11.5. The molecule has 1 aromatic carbocycles. The van der Waals surface area contributed by atoms with E-state index < -0.39 is 10.0 Å². The maximum atomic E-state index is 13.0. The minimum absolute atomic E-state index is 0.0630. The van der Waals surface area contributed by atoms with Gasteiger partial charge in [0.15, 0.2) is 5.76 Å². The summed E-state index contributed by atoms with van der Waals surface area (Å²) < 4.78 is 33.1. The maximum absolute atomic E-state index is 13.0. The number of piperidine rings is 1. The number of amides is 2. The van der Waals surface area contributed by atoms with Crippen LogP contribution in [0.2, 0.25) is 0 Å². The summed E-state index contributed by atoms with van der Waals surface area (Å²) in [4.78, 5) is 26.4. The summed E-state index contributed by atoms with van der Waals surface area (Å²) in [5.74, 6) is 0.335. The molecule has 0 saturated carbocycles. The summed E-state index contributed by atoms with van der Waals surface area (Å²) in [5, 5.41) is 5.56. The Bertz CT molecular complexity index is 1130. The van der Waals surface area contributed by atoms with Crippen LogP contribution in [0.4, 0.5) is 5.69 Å². The van der Waals surface area contributed by atoms with E-state index in [0.29, 0.717) is 38.2 Å². The molecule has 1 aromatic heterocycles. The van der Waals surface area contributed by atoms with Crippen molar-refractivity contribution in [3.63, 3.8) is 0 Å². The van der Waals surface area contributed by atoms with Crippen LogP contribution in [-0.4, -0.2) is 61.7 Å². The molecule has 182 valence electrons. The fourth-order valence-electron chi connectivity index (χ4n) is 4.30. The van der Waals surface area contributed by atoms with Gasteiger partial charge in [0.2, 0.25) is 15.9 Å². The summed E-state index contributed by atoms with van der Waals surface area (Å²) in [5.41, 5.74) is 0.479. The van der Waals surface area contributed by atoms with E-state index in [1.165, 1.54) is 35.4 Å². The number of nitrogens with zero attached hydrogens (tertiary/aromatic N) is 2. The molecule has 2 aliphatic heterocycles. The lowest BCUT2D eigenvalue weighted by atomic mass is 10.1. The van der Waals surface area contributed by atoms with E-state index in [1.807, 2.05) is 6.07 Å². The van der Waals surface area contributed by atoms with Gasteiger partial charge in [0.1, 0.15) is 5.76 Å². The second-order valence-electron chi connectivity index (χ2n) is 8.62. The minimum atomic E-state index is -3.66. The van der Waals surface area contributed by atoms with Crippen LogP contribution in [-0.2, 0) is 21.4 Å². The van der Waals surface area contributed by atoms with Crippen molar-refractivity contribution in [1.82, 2.24) is 14.5 Å². The number of rotatable bonds is 8. The van der Waals surface area contributed by atoms with Gasteiger partial charge < -0.3 is 15.1 Å². The van der Waals surface area contributed by atoms with Gasteiger partial charge in [-0.1, -0.05) is 6.58 Å². The Labute approximate surface area is 199 Å². The highest BCUT2D eigenvalue weighted by Gasteiger charge is 2.29. The molecular weight excluding hydrogens is 456 g/mol. The molecule has 0 spiro atoms. The lowest BCUT2D eigenvalue weighted by Crippen LogP contribution is -2.46. The van der Waals surface area contributed by atoms with Crippen LogP contribution in [0.15, 0.2) is 58.4 Å². The second kappa shape index (κ2) is 10.5. The quantitative estimate of drug-likeness (QED) is 0.555. The zero-order chi connectivity index (χ0) is 24.1. The molecule has 10 heteroatoms. The van der Waals surface area contributed by atoms with Gasteiger partial charge >= 0.3 is 0 Å². The van der Waals surface area contributed by atoms with Gasteiger partial charge in [-0.05, 0) is 81.2 Å². The number of furan rings is 1. The highest BCUT2D eigenvalue weighted by molar-refractivity contribution is 7.89. The van der Waals surface area contributed by atoms with Crippen LogP contribution in [0.5, 0.6) is 0 Å². The van der Waals surface area contributed by atoms with E-state index in [9.17, 15) is 18.0 Å². The molecule has 3 heterocycles. The maximum Gasteiger partial charge on any atom is 0.291 e. The van der Waals surface area contributed by atoms with Crippen LogP contribution in [0.1, 0.15) is 42.0 Å². The average molecular weight is 487 g/mol. The van der Waals surface area contributed by atoms with Crippen molar-refractivity contribution >= 4 is 27.5 Å². The van der Waals surface area contributed by atoms with E-state index in [4.69, 9.17) is 4.42 Å². The lowest BCUT2D eigenvalue weighted by Gasteiger charge is -2.31. The molecule has 2 aromatic rings. The zero-order valence-electron chi connectivity index (χ0n) is 19.0. The van der Waals surface area contributed by atoms with Crippen molar-refractivity contribution in [3.8, 4) is 0 Å². The molecule has 34 heavy (non-hydrogen) atoms. The molecule has 0 atom stereocenters. The molecule has 0 bridgehead atoms. The van der Waals surface area contributed by atoms with Gasteiger partial charge in [0.05, 0.1) is 11.4 Å². The molecule has 9 nitrogen and oxygen atoms in total. The second-order valence-corrected chi connectivity index (χ2v) is 10.6. The third kappa shape index (κ3) is 5.75. The number of nitrogens with one attached hydrogen (secondary N) is 2. The highest BCUT2D eigenvalue weighted by Crippen LogP contribution is 2.23. The number of benzene rings is 1. The van der Waals surface area contributed by atoms with Crippen LogP contribution >= 0.6 is 0 Å². The molecule has 4 rings (SSSR count). The molecule has 0 aliphatic carbocycles. The lowest BCUT2D eigenvalue weighted by molar-refractivity contribution is -0.117. The normalized spacial score (nSPS) is 18.0. The van der Waals surface area contributed by atoms with Crippen molar-refractivity contribution in [3.05, 3.63) is 60.6 Å². The Kier molecular flexibility index (Phi) is 7.50. The number of likely N-dealkylation sites (tertiary alicyclic amines) is 1. The van der Waals surface area contributed by atoms with Crippen LogP contribution < -0.4 is 10.6 Å². The van der Waals surface area contributed by atoms with Crippen molar-refractivity contribution in [2.45, 2.75) is 43.2 Å². The number of carbonyl (C=O) groups excluding carboxylic acids is 2. The van der Waals surface area contributed by atoms with Crippen molar-refractivity contribution < 1.29 is 22.4 Å². The Hall–Kier alpha value is -2.95. The van der Waals surface area contributed by atoms with Crippen molar-refractivity contribution in [2.24, 2.45) is 0 Å². The van der Waals surface area contributed by atoms with Gasteiger partial charge in [0.25, 0.3) is 5.91 Å². The largest absolute Gasteiger partial charge is 0.455 e. The first-order chi connectivity index (χ1) is 16.3. The summed E-state index contributed by atoms with van der Waals surface area (Å²) >= 11 is 0. The van der Waals surface area contributed by atoms with Crippen molar-refractivity contribution in [2.75, 3.05) is 31.5 Å². The van der Waals surface area contributed by atoms with E-state index in [0.717, 1.165) is 18.8 Å². The fraction of sp³-hybridized carbons (Fsp3) is 0.417. The first-order valence-corrected chi connectivity index (χ1v) is 12.9. The third-order valence-corrected chi connectivity index (χ3v) is 8.11. The van der Waals surface area contributed by atoms with Crippen molar-refractivity contribution in [1.29, 1.82) is 0 Å². The monoisotopic (exact) mass is 486 g/mol. The van der Waals surface area contributed by atoms with Crippen LogP contribution in [0.3, 0.4) is 0 Å². The highest BCUT2D eigenvalue weighted by atomic mass is 32.2. The summed E-state index contributed by atoms with van der Waals surface area (Å²) in [7, 11) is -3.66. The zero-order valence-corrected chi connectivity index (χ0v) is 19.9. The van der Waals surface area contributed by atoms with Gasteiger partial charge in [-0.3, -0.25) is 14.5 Å². The van der Waals surface area contributed by atoms with Gasteiger partial charge in [-0.15, -0.1) is 0 Å². The van der Waals surface area contributed by atoms with E-state index >= 15 is 0 Å². The summed E-state index contributed by atoms with van der Waals surface area (Å²) in [6.45, 7) is 6.85. The van der Waals surface area contributed by atoms with Gasteiger partial charge in [-0.25, -0.2) is 8.42 Å². The van der Waals surface area contributed by atoms with Crippen LogP contribution in [0.25, 0.3) is 0 Å². The van der Waals surface area contributed by atoms with E-state index in [2.05, 4.69) is 22.1 Å². The smallest absolute Gasteiger partial charge is 0.291 e. The number of sulfonamides is 1. The third-order valence-electron chi connectivity index (χ3n) is 6.20. The Morgan fingerprint density at radius 2 is 1.71 bits per heavy atom. The molecule has 0 radical (unpaired) electrons. The number of hydrogen-bond acceptors (Lipinski definition) is 6. The molecule has 2 saturated heterocycles. The van der Waals surface area contributed by atoms with Gasteiger partial charge in [-0.2, -0.15) is 4.31 Å². The predicted molar refractivity (Wildman–Crippen MR) is 128 cm³/mol. The molecule has 2 fully saturated rings. The minimum Gasteiger partial charge on any atom is -0.455 e. The standard InChI is InChI=1S/C24H30N4O5S/c1-2-23(29)25-19-11-15-28(16-12-19)34(31,32)21-8-5-18(6-9-21)26-24(30)22-10-7-20(33-22)17-27-13-3-4-14-27/h2,5-10,19H,1,3-4,11-17H2,(H,25,29)(H,26,30). The molecule has 2 N–H and O–H groups in total. The van der Waals surface area contributed by atoms with Gasteiger partial charge in [0, 0.05) is 24.8 Å². The molecule has 2 aliphatic rings. The molecule has 2 amide bonds. The van der Waals surface area contributed by atoms with E-state index in [-0.39, 0.29) is 28.5 Å². The predicted octanol–water partition coefficient (Wildman–Crippen LogP) is 2.58. The summed E-state index contributed by atoms with van der Waals surface area (Å²) in [6, 6.07) is 9.50. The first kappa shape index (κ1) is 24.2. The number of carbonyl (C=O) groups is 2. The SMILES string of the molecule is C=CC(=O)NC1CCN(S(=O)(=O)c2ccc(NC(=O)c3ccc(CN4CCCC4)o3)cc2)CC1.